The van der Waals surface area contributed by atoms with Gasteiger partial charge < -0.3 is 20.5 Å². The molecule has 1 aliphatic carbocycles. The summed E-state index contributed by atoms with van der Waals surface area (Å²) < 4.78 is 5.06. The van der Waals surface area contributed by atoms with Crippen molar-refractivity contribution in [3.8, 4) is 5.75 Å². The van der Waals surface area contributed by atoms with Crippen LogP contribution in [0.2, 0.25) is 0 Å². The van der Waals surface area contributed by atoms with E-state index in [9.17, 15) is 14.4 Å². The molecule has 7 heteroatoms. The number of carbonyl (C=O) groups excluding carboxylic acids is 2. The van der Waals surface area contributed by atoms with Gasteiger partial charge in [-0.15, -0.1) is 0 Å². The number of anilines is 1. The predicted molar refractivity (Wildman–Crippen MR) is 87.8 cm³/mol. The summed E-state index contributed by atoms with van der Waals surface area (Å²) >= 11 is 0. The van der Waals surface area contributed by atoms with Crippen LogP contribution >= 0.6 is 0 Å². The van der Waals surface area contributed by atoms with E-state index < -0.39 is 18.6 Å². The lowest BCUT2D eigenvalue weighted by atomic mass is 10.1. The molecule has 0 heterocycles. The number of ether oxygens (including phenoxy) is 1. The molecule has 1 atom stereocenters. The van der Waals surface area contributed by atoms with Crippen molar-refractivity contribution in [2.24, 2.45) is 5.92 Å². The molecule has 0 radical (unpaired) electrons. The highest BCUT2D eigenvalue weighted by molar-refractivity contribution is 5.97. The second-order valence-electron chi connectivity index (χ2n) is 5.91. The lowest BCUT2D eigenvalue weighted by Gasteiger charge is -2.17. The number of carbonyl (C=O) groups is 3. The van der Waals surface area contributed by atoms with Crippen molar-refractivity contribution in [2.75, 3.05) is 11.9 Å². The molecule has 1 aromatic carbocycles. The van der Waals surface area contributed by atoms with Crippen LogP contribution in [0, 0.1) is 5.92 Å². The average molecular weight is 334 g/mol. The number of nitrogens with one attached hydrogen (secondary N) is 2. The molecule has 2 rings (SSSR count). The van der Waals surface area contributed by atoms with Crippen LogP contribution in [0.15, 0.2) is 24.3 Å². The first-order chi connectivity index (χ1) is 11.5. The second kappa shape index (κ2) is 8.33. The number of hydrogen-bond donors (Lipinski definition) is 3. The van der Waals surface area contributed by atoms with Gasteiger partial charge in [0, 0.05) is 17.7 Å². The summed E-state index contributed by atoms with van der Waals surface area (Å²) in [4.78, 5) is 34.7. The van der Waals surface area contributed by atoms with Crippen LogP contribution in [0.1, 0.15) is 32.6 Å². The van der Waals surface area contributed by atoms with E-state index in [4.69, 9.17) is 9.84 Å². The third-order valence-corrected chi connectivity index (χ3v) is 3.94. The fourth-order valence-electron chi connectivity index (χ4n) is 2.64. The van der Waals surface area contributed by atoms with Gasteiger partial charge in [-0.1, -0.05) is 18.9 Å². The molecule has 1 unspecified atom stereocenters. The maximum atomic E-state index is 12.2. The van der Waals surface area contributed by atoms with Crippen LogP contribution in [-0.4, -0.2) is 35.5 Å². The Labute approximate surface area is 140 Å². The fraction of sp³-hybridized carbons (Fsp3) is 0.471. The Morgan fingerprint density at radius 3 is 2.67 bits per heavy atom. The molecule has 0 spiro atoms. The Kier molecular flexibility index (Phi) is 6.17. The summed E-state index contributed by atoms with van der Waals surface area (Å²) in [6, 6.07) is 5.80. The summed E-state index contributed by atoms with van der Waals surface area (Å²) in [6.07, 6.45) is 3.87. The molecule has 1 aliphatic rings. The van der Waals surface area contributed by atoms with Gasteiger partial charge in [0.2, 0.25) is 11.8 Å². The second-order valence-corrected chi connectivity index (χ2v) is 5.91. The molecule has 1 fully saturated rings. The molecule has 0 saturated heterocycles. The number of carboxylic acids is 1. The smallest absolute Gasteiger partial charge is 0.341 e. The zero-order chi connectivity index (χ0) is 17.5. The SMILES string of the molecule is CC(NC(=O)C1CCCC1)C(=O)Nc1cccc(OCC(=O)O)c1. The Morgan fingerprint density at radius 2 is 2.00 bits per heavy atom. The van der Waals surface area contributed by atoms with Crippen molar-refractivity contribution in [3.63, 3.8) is 0 Å². The van der Waals surface area contributed by atoms with Gasteiger partial charge in [0.15, 0.2) is 6.61 Å². The van der Waals surface area contributed by atoms with Crippen molar-refractivity contribution in [1.82, 2.24) is 5.32 Å². The summed E-state index contributed by atoms with van der Waals surface area (Å²) in [5.74, 6) is -1.14. The molecule has 1 saturated carbocycles. The van der Waals surface area contributed by atoms with Crippen LogP contribution in [-0.2, 0) is 14.4 Å². The van der Waals surface area contributed by atoms with E-state index in [0.717, 1.165) is 25.7 Å². The van der Waals surface area contributed by atoms with Crippen LogP contribution in [0.4, 0.5) is 5.69 Å². The van der Waals surface area contributed by atoms with Crippen molar-refractivity contribution in [3.05, 3.63) is 24.3 Å². The third kappa shape index (κ3) is 5.26. The highest BCUT2D eigenvalue weighted by Gasteiger charge is 2.25. The molecule has 1 aromatic rings. The van der Waals surface area contributed by atoms with Crippen molar-refractivity contribution in [2.45, 2.75) is 38.6 Å². The van der Waals surface area contributed by atoms with Crippen molar-refractivity contribution >= 4 is 23.5 Å². The van der Waals surface area contributed by atoms with Gasteiger partial charge in [-0.25, -0.2) is 4.79 Å². The molecule has 0 bridgehead atoms. The Balaban J connectivity index is 1.87. The van der Waals surface area contributed by atoms with Crippen molar-refractivity contribution < 1.29 is 24.2 Å². The third-order valence-electron chi connectivity index (χ3n) is 3.94. The topological polar surface area (TPSA) is 105 Å². The monoisotopic (exact) mass is 334 g/mol. The lowest BCUT2D eigenvalue weighted by molar-refractivity contribution is -0.139. The highest BCUT2D eigenvalue weighted by atomic mass is 16.5. The van der Waals surface area contributed by atoms with Gasteiger partial charge in [0.05, 0.1) is 0 Å². The number of rotatable bonds is 7. The Hall–Kier alpha value is -2.57. The lowest BCUT2D eigenvalue weighted by Crippen LogP contribution is -2.43. The van der Waals surface area contributed by atoms with Crippen molar-refractivity contribution in [1.29, 1.82) is 0 Å². The van der Waals surface area contributed by atoms with E-state index in [-0.39, 0.29) is 17.7 Å². The first-order valence-electron chi connectivity index (χ1n) is 8.01. The minimum Gasteiger partial charge on any atom is -0.482 e. The van der Waals surface area contributed by atoms with E-state index in [2.05, 4.69) is 10.6 Å². The Bertz CT molecular complexity index is 611. The summed E-state index contributed by atoms with van der Waals surface area (Å²) in [5, 5.41) is 14.0. The fourth-order valence-corrected chi connectivity index (χ4v) is 2.64. The molecule has 2 amide bonds. The standard InChI is InChI=1S/C17H22N2O5/c1-11(18-17(23)12-5-2-3-6-12)16(22)19-13-7-4-8-14(9-13)24-10-15(20)21/h4,7-9,11-12H,2-3,5-6,10H2,1H3,(H,18,23)(H,19,22)(H,20,21). The van der Waals surface area contributed by atoms with Crippen LogP contribution < -0.4 is 15.4 Å². The van der Waals surface area contributed by atoms with Gasteiger partial charge in [-0.05, 0) is 31.9 Å². The molecule has 3 N–H and O–H groups in total. The molecular formula is C17H22N2O5. The summed E-state index contributed by atoms with van der Waals surface area (Å²) in [7, 11) is 0. The first kappa shape index (κ1) is 17.8. The van der Waals surface area contributed by atoms with Gasteiger partial charge >= 0.3 is 5.97 Å². The van der Waals surface area contributed by atoms with Crippen LogP contribution in [0.3, 0.4) is 0 Å². The zero-order valence-corrected chi connectivity index (χ0v) is 13.6. The number of hydrogen-bond acceptors (Lipinski definition) is 4. The maximum absolute atomic E-state index is 12.2. The van der Waals surface area contributed by atoms with E-state index in [1.54, 1.807) is 25.1 Å². The number of amides is 2. The molecule has 24 heavy (non-hydrogen) atoms. The summed E-state index contributed by atoms with van der Waals surface area (Å²) in [6.45, 7) is 1.18. The average Bonchev–Trinajstić information content (AvgIpc) is 3.07. The molecular weight excluding hydrogens is 312 g/mol. The number of benzene rings is 1. The van der Waals surface area contributed by atoms with Crippen LogP contribution in [0.5, 0.6) is 5.75 Å². The Morgan fingerprint density at radius 1 is 1.29 bits per heavy atom. The van der Waals surface area contributed by atoms with E-state index in [1.165, 1.54) is 6.07 Å². The molecule has 7 nitrogen and oxygen atoms in total. The van der Waals surface area contributed by atoms with E-state index in [0.29, 0.717) is 11.4 Å². The van der Waals surface area contributed by atoms with Gasteiger partial charge in [-0.2, -0.15) is 0 Å². The van der Waals surface area contributed by atoms with Gasteiger partial charge in [0.25, 0.3) is 0 Å². The number of carboxylic acid groups (broad SMARTS) is 1. The normalized spacial score (nSPS) is 15.5. The number of aliphatic carboxylic acids is 1. The highest BCUT2D eigenvalue weighted by Crippen LogP contribution is 2.24. The van der Waals surface area contributed by atoms with Crippen LogP contribution in [0.25, 0.3) is 0 Å². The largest absolute Gasteiger partial charge is 0.482 e. The molecule has 0 aromatic heterocycles. The van der Waals surface area contributed by atoms with E-state index in [1.807, 2.05) is 0 Å². The van der Waals surface area contributed by atoms with E-state index >= 15 is 0 Å². The quantitative estimate of drug-likeness (QED) is 0.705. The molecule has 130 valence electrons. The maximum Gasteiger partial charge on any atom is 0.341 e. The minimum atomic E-state index is -1.08. The first-order valence-corrected chi connectivity index (χ1v) is 8.01. The zero-order valence-electron chi connectivity index (χ0n) is 13.6. The van der Waals surface area contributed by atoms with Gasteiger partial charge in [0.1, 0.15) is 11.8 Å². The summed E-state index contributed by atoms with van der Waals surface area (Å²) in [5.41, 5.74) is 0.477. The van der Waals surface area contributed by atoms with Gasteiger partial charge in [-0.3, -0.25) is 9.59 Å². The molecule has 0 aliphatic heterocycles. The minimum absolute atomic E-state index is 0.00740. The predicted octanol–water partition coefficient (Wildman–Crippen LogP) is 1.78.